The molecule has 0 saturated carbocycles. The van der Waals surface area contributed by atoms with Crippen molar-refractivity contribution in [2.75, 3.05) is 5.32 Å². The summed E-state index contributed by atoms with van der Waals surface area (Å²) in [5, 5.41) is 15.1. The smallest absolute Gasteiger partial charge is 0.387 e. The molecule has 0 aliphatic rings. The van der Waals surface area contributed by atoms with Crippen LogP contribution in [0.15, 0.2) is 36.7 Å². The maximum Gasteiger partial charge on any atom is 0.387 e. The molecule has 1 aromatic heterocycles. The third kappa shape index (κ3) is 4.02. The molecule has 7 nitrogen and oxygen atoms in total. The molecule has 0 bridgehead atoms. The number of ether oxygens (including phenoxy) is 1. The van der Waals surface area contributed by atoms with E-state index in [1.165, 1.54) is 37.5 Å². The van der Waals surface area contributed by atoms with Gasteiger partial charge in [-0.2, -0.15) is 13.9 Å². The van der Waals surface area contributed by atoms with Crippen LogP contribution in [-0.2, 0) is 4.79 Å². The lowest BCUT2D eigenvalue weighted by atomic mass is 10.2. The summed E-state index contributed by atoms with van der Waals surface area (Å²) < 4.78 is 30.1. The Kier molecular flexibility index (Phi) is 4.89. The average Bonchev–Trinajstić information content (AvgIpc) is 2.97. The molecule has 0 fully saturated rings. The first-order valence-corrected chi connectivity index (χ1v) is 6.50. The van der Waals surface area contributed by atoms with Gasteiger partial charge in [-0.05, 0) is 19.1 Å². The quantitative estimate of drug-likeness (QED) is 0.850. The molecule has 2 N–H and O–H groups in total. The van der Waals surface area contributed by atoms with Crippen molar-refractivity contribution < 1.29 is 28.2 Å². The zero-order valence-electron chi connectivity index (χ0n) is 11.9. The number of carbonyl (C=O) groups excluding carboxylic acids is 1. The third-order valence-corrected chi connectivity index (χ3v) is 2.97. The van der Waals surface area contributed by atoms with Crippen LogP contribution in [0.25, 0.3) is 0 Å². The molecule has 2 aromatic rings. The standard InChI is InChI=1S/C14H13F2N3O4/c1-8(13(21)22)19-7-9(6-17-19)12(20)18-10-4-2-3-5-11(10)23-14(15)16/h2-8,14H,1H3,(H,18,20)(H,21,22). The Hall–Kier alpha value is -2.97. The number of nitrogens with zero attached hydrogens (tertiary/aromatic N) is 2. The molecule has 0 saturated heterocycles. The number of rotatable bonds is 6. The lowest BCUT2D eigenvalue weighted by Crippen LogP contribution is -2.16. The number of anilines is 1. The number of benzene rings is 1. The molecule has 0 aliphatic carbocycles. The maximum atomic E-state index is 12.3. The lowest BCUT2D eigenvalue weighted by molar-refractivity contribution is -0.140. The number of alkyl halides is 2. The number of hydrogen-bond acceptors (Lipinski definition) is 4. The number of carboxylic acids is 1. The Morgan fingerprint density at radius 1 is 1.35 bits per heavy atom. The van der Waals surface area contributed by atoms with E-state index < -0.39 is 24.5 Å². The van der Waals surface area contributed by atoms with Gasteiger partial charge in [0.05, 0.1) is 17.4 Å². The topological polar surface area (TPSA) is 93.5 Å². The van der Waals surface area contributed by atoms with Gasteiger partial charge in [0.1, 0.15) is 11.8 Å². The Morgan fingerprint density at radius 3 is 2.70 bits per heavy atom. The predicted molar refractivity (Wildman–Crippen MR) is 75.6 cm³/mol. The van der Waals surface area contributed by atoms with Crippen molar-refractivity contribution in [2.45, 2.75) is 19.6 Å². The van der Waals surface area contributed by atoms with Crippen LogP contribution in [0.4, 0.5) is 14.5 Å². The Labute approximate surface area is 129 Å². The van der Waals surface area contributed by atoms with Crippen molar-refractivity contribution in [1.29, 1.82) is 0 Å². The van der Waals surface area contributed by atoms with Crippen LogP contribution in [0.1, 0.15) is 23.3 Å². The van der Waals surface area contributed by atoms with Gasteiger partial charge in [0.25, 0.3) is 5.91 Å². The number of nitrogens with one attached hydrogen (secondary N) is 1. The van der Waals surface area contributed by atoms with Crippen LogP contribution in [0.5, 0.6) is 5.75 Å². The minimum Gasteiger partial charge on any atom is -0.480 e. The van der Waals surface area contributed by atoms with E-state index in [9.17, 15) is 18.4 Å². The van der Waals surface area contributed by atoms with E-state index in [1.54, 1.807) is 6.07 Å². The minimum atomic E-state index is -3.02. The van der Waals surface area contributed by atoms with Crippen LogP contribution in [-0.4, -0.2) is 33.4 Å². The van der Waals surface area contributed by atoms with Crippen molar-refractivity contribution in [2.24, 2.45) is 0 Å². The Bertz CT molecular complexity index is 718. The van der Waals surface area contributed by atoms with Crippen LogP contribution >= 0.6 is 0 Å². The fourth-order valence-corrected chi connectivity index (χ4v) is 1.74. The molecule has 1 amide bonds. The summed E-state index contributed by atoms with van der Waals surface area (Å²) in [6, 6.07) is 4.78. The van der Waals surface area contributed by atoms with E-state index in [4.69, 9.17) is 5.11 Å². The van der Waals surface area contributed by atoms with Crippen molar-refractivity contribution in [3.63, 3.8) is 0 Å². The first-order valence-electron chi connectivity index (χ1n) is 6.50. The molecule has 1 aromatic carbocycles. The highest BCUT2D eigenvalue weighted by Gasteiger charge is 2.18. The van der Waals surface area contributed by atoms with E-state index in [2.05, 4.69) is 15.2 Å². The number of halogens is 2. The molecule has 1 atom stereocenters. The van der Waals surface area contributed by atoms with Gasteiger partial charge >= 0.3 is 12.6 Å². The summed E-state index contributed by atoms with van der Waals surface area (Å²) in [6.07, 6.45) is 2.44. The largest absolute Gasteiger partial charge is 0.480 e. The maximum absolute atomic E-state index is 12.3. The zero-order chi connectivity index (χ0) is 17.0. The number of aromatic nitrogens is 2. The molecule has 0 aliphatic heterocycles. The summed E-state index contributed by atoms with van der Waals surface area (Å²) in [5.74, 6) is -1.91. The highest BCUT2D eigenvalue weighted by atomic mass is 19.3. The first-order chi connectivity index (χ1) is 10.9. The third-order valence-electron chi connectivity index (χ3n) is 2.97. The summed E-state index contributed by atoms with van der Waals surface area (Å²) >= 11 is 0. The van der Waals surface area contributed by atoms with E-state index in [-0.39, 0.29) is 17.0 Å². The van der Waals surface area contributed by atoms with E-state index >= 15 is 0 Å². The molecular weight excluding hydrogens is 312 g/mol. The molecule has 0 spiro atoms. The first kappa shape index (κ1) is 16.4. The normalized spacial score (nSPS) is 12.0. The van der Waals surface area contributed by atoms with Crippen molar-refractivity contribution in [3.8, 4) is 5.75 Å². The number of carbonyl (C=O) groups is 2. The highest BCUT2D eigenvalue weighted by Crippen LogP contribution is 2.26. The van der Waals surface area contributed by atoms with E-state index in [1.807, 2.05) is 0 Å². The van der Waals surface area contributed by atoms with Crippen LogP contribution in [0, 0.1) is 0 Å². The van der Waals surface area contributed by atoms with Crippen molar-refractivity contribution in [1.82, 2.24) is 9.78 Å². The summed E-state index contributed by atoms with van der Waals surface area (Å²) in [4.78, 5) is 23.0. The molecular formula is C14H13F2N3O4. The number of hydrogen-bond donors (Lipinski definition) is 2. The molecule has 1 unspecified atom stereocenters. The highest BCUT2D eigenvalue weighted by molar-refractivity contribution is 6.04. The van der Waals surface area contributed by atoms with Gasteiger partial charge < -0.3 is 15.2 Å². The molecule has 2 rings (SSSR count). The Balaban J connectivity index is 2.15. The second-order valence-electron chi connectivity index (χ2n) is 4.55. The van der Waals surface area contributed by atoms with Gasteiger partial charge in [0.15, 0.2) is 0 Å². The molecule has 1 heterocycles. The van der Waals surface area contributed by atoms with E-state index in [0.29, 0.717) is 0 Å². The SMILES string of the molecule is CC(C(=O)O)n1cc(C(=O)Nc2ccccc2OC(F)F)cn1. The van der Waals surface area contributed by atoms with Crippen LogP contribution in [0.2, 0.25) is 0 Å². The molecule has 23 heavy (non-hydrogen) atoms. The van der Waals surface area contributed by atoms with Gasteiger partial charge in [-0.15, -0.1) is 0 Å². The minimum absolute atomic E-state index is 0.0665. The molecule has 0 radical (unpaired) electrons. The molecule has 9 heteroatoms. The van der Waals surface area contributed by atoms with Gasteiger partial charge in [0.2, 0.25) is 0 Å². The second kappa shape index (κ2) is 6.86. The number of amides is 1. The van der Waals surface area contributed by atoms with Crippen molar-refractivity contribution >= 4 is 17.6 Å². The summed E-state index contributed by atoms with van der Waals surface area (Å²) in [5.41, 5.74) is 0.154. The molecule has 122 valence electrons. The van der Waals surface area contributed by atoms with Gasteiger partial charge in [-0.1, -0.05) is 12.1 Å². The van der Waals surface area contributed by atoms with Crippen LogP contribution in [0.3, 0.4) is 0 Å². The summed E-state index contributed by atoms with van der Waals surface area (Å²) in [6.45, 7) is -1.62. The van der Waals surface area contributed by atoms with Gasteiger partial charge in [0, 0.05) is 6.20 Å². The Morgan fingerprint density at radius 2 is 2.04 bits per heavy atom. The summed E-state index contributed by atoms with van der Waals surface area (Å²) in [7, 11) is 0. The monoisotopic (exact) mass is 325 g/mol. The van der Waals surface area contributed by atoms with Crippen LogP contribution < -0.4 is 10.1 Å². The van der Waals surface area contributed by atoms with E-state index in [0.717, 1.165) is 4.68 Å². The van der Waals surface area contributed by atoms with Gasteiger partial charge in [-0.3, -0.25) is 9.48 Å². The predicted octanol–water partition coefficient (Wildman–Crippen LogP) is 2.38. The fraction of sp³-hybridized carbons (Fsp3) is 0.214. The fourth-order valence-electron chi connectivity index (χ4n) is 1.74. The number of aliphatic carboxylic acids is 1. The van der Waals surface area contributed by atoms with Crippen molar-refractivity contribution in [3.05, 3.63) is 42.2 Å². The van der Waals surface area contributed by atoms with Gasteiger partial charge in [-0.25, -0.2) is 4.79 Å². The average molecular weight is 325 g/mol. The zero-order valence-corrected chi connectivity index (χ0v) is 11.9. The number of carboxylic acid groups (broad SMARTS) is 1. The lowest BCUT2D eigenvalue weighted by Gasteiger charge is -2.11. The second-order valence-corrected chi connectivity index (χ2v) is 4.55. The number of para-hydroxylation sites is 2.